The highest BCUT2D eigenvalue weighted by Crippen LogP contribution is 2.36. The zero-order valence-corrected chi connectivity index (χ0v) is 17.5. The maximum Gasteiger partial charge on any atom is 0.243 e. The molecule has 2 aliphatic rings. The molecule has 2 aromatic rings. The van der Waals surface area contributed by atoms with Gasteiger partial charge in [0, 0.05) is 31.6 Å². The highest BCUT2D eigenvalue weighted by molar-refractivity contribution is 7.89. The summed E-state index contributed by atoms with van der Waals surface area (Å²) in [6, 6.07) is 6.10. The van der Waals surface area contributed by atoms with Crippen molar-refractivity contribution in [2.45, 2.75) is 69.4 Å². The van der Waals surface area contributed by atoms with Gasteiger partial charge >= 0.3 is 0 Å². The Bertz CT molecular complexity index is 984. The number of nitrogens with zero attached hydrogens (tertiary/aromatic N) is 4. The maximum absolute atomic E-state index is 13.3. The number of aryl methyl sites for hydroxylation is 1. The lowest BCUT2D eigenvalue weighted by Crippen LogP contribution is -2.32. The van der Waals surface area contributed by atoms with E-state index in [1.807, 2.05) is 0 Å². The van der Waals surface area contributed by atoms with Gasteiger partial charge in [-0.1, -0.05) is 13.3 Å². The number of hydrogen-bond donors (Lipinski definition) is 1. The van der Waals surface area contributed by atoms with E-state index >= 15 is 0 Å². The molecule has 3 heterocycles. The van der Waals surface area contributed by atoms with Crippen molar-refractivity contribution in [1.29, 1.82) is 0 Å². The Labute approximate surface area is 171 Å². The molecule has 156 valence electrons. The minimum absolute atomic E-state index is 0.104. The number of anilines is 1. The lowest BCUT2D eigenvalue weighted by Gasteiger charge is -2.24. The molecule has 1 fully saturated rings. The molecule has 9 heteroatoms. The molecule has 0 bridgehead atoms. The average molecular weight is 418 g/mol. The SMILES string of the molecule is CCC(=O)Nc1ccc(S(=O)(=O)N2CCCC2c2nnc3n2CCCCC3)cc1. The van der Waals surface area contributed by atoms with Crippen molar-refractivity contribution in [3.05, 3.63) is 35.9 Å². The van der Waals surface area contributed by atoms with Crippen LogP contribution in [0.25, 0.3) is 0 Å². The third-order valence-corrected chi connectivity index (χ3v) is 7.63. The molecule has 0 saturated carbocycles. The van der Waals surface area contributed by atoms with Gasteiger partial charge in [-0.3, -0.25) is 4.79 Å². The Kier molecular flexibility index (Phi) is 5.69. The van der Waals surface area contributed by atoms with Crippen LogP contribution >= 0.6 is 0 Å². The molecule has 2 aliphatic heterocycles. The zero-order valence-electron chi connectivity index (χ0n) is 16.7. The summed E-state index contributed by atoms with van der Waals surface area (Å²) >= 11 is 0. The monoisotopic (exact) mass is 417 g/mol. The number of hydrogen-bond acceptors (Lipinski definition) is 5. The van der Waals surface area contributed by atoms with Gasteiger partial charge in [0.15, 0.2) is 5.82 Å². The van der Waals surface area contributed by atoms with Crippen molar-refractivity contribution < 1.29 is 13.2 Å². The molecule has 0 aliphatic carbocycles. The molecule has 1 atom stereocenters. The Hall–Kier alpha value is -2.26. The fourth-order valence-corrected chi connectivity index (χ4v) is 5.79. The zero-order chi connectivity index (χ0) is 20.4. The first-order valence-corrected chi connectivity index (χ1v) is 11.8. The van der Waals surface area contributed by atoms with Gasteiger partial charge < -0.3 is 9.88 Å². The van der Waals surface area contributed by atoms with Crippen LogP contribution in [0.1, 0.15) is 63.1 Å². The summed E-state index contributed by atoms with van der Waals surface area (Å²) in [7, 11) is -3.66. The number of aromatic nitrogens is 3. The standard InChI is InChI=1S/C20H27N5O3S/c1-2-19(26)21-15-9-11-16(12-10-15)29(27,28)25-14-6-7-17(25)20-23-22-18-8-4-3-5-13-24(18)20/h9-12,17H,2-8,13-14H2,1H3,(H,21,26). The van der Waals surface area contributed by atoms with E-state index in [1.54, 1.807) is 35.5 Å². The fourth-order valence-electron chi connectivity index (χ4n) is 4.13. The first-order valence-electron chi connectivity index (χ1n) is 10.3. The summed E-state index contributed by atoms with van der Waals surface area (Å²) in [6.45, 7) is 3.10. The first kappa shape index (κ1) is 20.0. The number of sulfonamides is 1. The largest absolute Gasteiger partial charge is 0.326 e. The van der Waals surface area contributed by atoms with Gasteiger partial charge in [0.2, 0.25) is 15.9 Å². The quantitative estimate of drug-likeness (QED) is 0.807. The second-order valence-corrected chi connectivity index (χ2v) is 9.53. The van der Waals surface area contributed by atoms with E-state index in [0.717, 1.165) is 56.7 Å². The molecule has 4 rings (SSSR count). The number of rotatable bonds is 5. The van der Waals surface area contributed by atoms with Gasteiger partial charge in [-0.25, -0.2) is 8.42 Å². The molecule has 29 heavy (non-hydrogen) atoms. The topological polar surface area (TPSA) is 97.2 Å². The van der Waals surface area contributed by atoms with Crippen LogP contribution in [0.2, 0.25) is 0 Å². The average Bonchev–Trinajstić information content (AvgIpc) is 3.30. The Morgan fingerprint density at radius 3 is 2.66 bits per heavy atom. The normalized spacial score (nSPS) is 20.2. The van der Waals surface area contributed by atoms with E-state index in [2.05, 4.69) is 20.1 Å². The van der Waals surface area contributed by atoms with Crippen molar-refractivity contribution in [3.8, 4) is 0 Å². The van der Waals surface area contributed by atoms with E-state index in [4.69, 9.17) is 0 Å². The third kappa shape index (κ3) is 3.93. The van der Waals surface area contributed by atoms with Crippen molar-refractivity contribution in [2.75, 3.05) is 11.9 Å². The number of benzene rings is 1. The molecule has 1 N–H and O–H groups in total. The minimum Gasteiger partial charge on any atom is -0.326 e. The number of amides is 1. The van der Waals surface area contributed by atoms with Gasteiger partial charge in [-0.05, 0) is 49.9 Å². The predicted octanol–water partition coefficient (Wildman–Crippen LogP) is 2.88. The molecule has 1 aromatic heterocycles. The molecule has 8 nitrogen and oxygen atoms in total. The lowest BCUT2D eigenvalue weighted by atomic mass is 10.2. The molecule has 0 spiro atoms. The van der Waals surface area contributed by atoms with Crippen molar-refractivity contribution in [2.24, 2.45) is 0 Å². The van der Waals surface area contributed by atoms with Crippen LogP contribution in [-0.2, 0) is 27.8 Å². The minimum atomic E-state index is -3.66. The highest BCUT2D eigenvalue weighted by Gasteiger charge is 2.39. The Morgan fingerprint density at radius 1 is 1.10 bits per heavy atom. The van der Waals surface area contributed by atoms with E-state index in [1.165, 1.54) is 0 Å². The lowest BCUT2D eigenvalue weighted by molar-refractivity contribution is -0.115. The van der Waals surface area contributed by atoms with Crippen LogP contribution in [0.4, 0.5) is 5.69 Å². The Balaban J connectivity index is 1.60. The fraction of sp³-hybridized carbons (Fsp3) is 0.550. The summed E-state index contributed by atoms with van der Waals surface area (Å²) in [6.07, 6.45) is 6.17. The summed E-state index contributed by atoms with van der Waals surface area (Å²) in [5.41, 5.74) is 0.594. The smallest absolute Gasteiger partial charge is 0.243 e. The van der Waals surface area contributed by atoms with Crippen molar-refractivity contribution in [1.82, 2.24) is 19.1 Å². The van der Waals surface area contributed by atoms with Crippen LogP contribution < -0.4 is 5.32 Å². The number of nitrogens with one attached hydrogen (secondary N) is 1. The molecule has 1 aromatic carbocycles. The summed E-state index contributed by atoms with van der Waals surface area (Å²) in [5.74, 6) is 1.64. The van der Waals surface area contributed by atoms with Crippen molar-refractivity contribution in [3.63, 3.8) is 0 Å². The molecule has 1 amide bonds. The number of carbonyl (C=O) groups is 1. The summed E-state index contributed by atoms with van der Waals surface area (Å²) in [5, 5.41) is 11.5. The third-order valence-electron chi connectivity index (χ3n) is 5.71. The van der Waals surface area contributed by atoms with Crippen LogP contribution in [0.5, 0.6) is 0 Å². The number of fused-ring (bicyclic) bond motifs is 1. The second kappa shape index (κ2) is 8.23. The highest BCUT2D eigenvalue weighted by atomic mass is 32.2. The number of carbonyl (C=O) groups excluding carboxylic acids is 1. The predicted molar refractivity (Wildman–Crippen MR) is 109 cm³/mol. The van der Waals surface area contributed by atoms with Gasteiger partial charge in [-0.2, -0.15) is 4.31 Å². The van der Waals surface area contributed by atoms with Gasteiger partial charge in [0.1, 0.15) is 5.82 Å². The first-order chi connectivity index (χ1) is 14.0. The summed E-state index contributed by atoms with van der Waals surface area (Å²) in [4.78, 5) is 11.8. The van der Waals surface area contributed by atoms with E-state index < -0.39 is 10.0 Å². The van der Waals surface area contributed by atoms with E-state index in [0.29, 0.717) is 18.7 Å². The van der Waals surface area contributed by atoms with Crippen LogP contribution in [0, 0.1) is 0 Å². The molecular formula is C20H27N5O3S. The van der Waals surface area contributed by atoms with Crippen LogP contribution in [-0.4, -0.2) is 39.9 Å². The van der Waals surface area contributed by atoms with Crippen LogP contribution in [0.3, 0.4) is 0 Å². The molecule has 1 saturated heterocycles. The van der Waals surface area contributed by atoms with Crippen LogP contribution in [0.15, 0.2) is 29.2 Å². The van der Waals surface area contributed by atoms with Gasteiger partial charge in [0.05, 0.1) is 10.9 Å². The van der Waals surface area contributed by atoms with Gasteiger partial charge in [0.25, 0.3) is 0 Å². The van der Waals surface area contributed by atoms with Gasteiger partial charge in [-0.15, -0.1) is 10.2 Å². The summed E-state index contributed by atoms with van der Waals surface area (Å²) < 4.78 is 30.4. The molecule has 1 unspecified atom stereocenters. The maximum atomic E-state index is 13.3. The van der Waals surface area contributed by atoms with E-state index in [-0.39, 0.29) is 16.8 Å². The molecular weight excluding hydrogens is 390 g/mol. The van der Waals surface area contributed by atoms with Crippen molar-refractivity contribution >= 4 is 21.6 Å². The second-order valence-electron chi connectivity index (χ2n) is 7.64. The van der Waals surface area contributed by atoms with E-state index in [9.17, 15) is 13.2 Å². The molecule has 0 radical (unpaired) electrons. The Morgan fingerprint density at radius 2 is 1.90 bits per heavy atom.